The van der Waals surface area contributed by atoms with E-state index in [0.717, 1.165) is 11.1 Å². The van der Waals surface area contributed by atoms with Crippen LogP contribution >= 0.6 is 34.5 Å². The van der Waals surface area contributed by atoms with Crippen molar-refractivity contribution in [3.63, 3.8) is 0 Å². The fourth-order valence-electron chi connectivity index (χ4n) is 3.10. The number of hydrogen-bond donors (Lipinski definition) is 1. The third kappa shape index (κ3) is 4.48. The number of rotatable bonds is 5. The number of ether oxygens (including phenoxy) is 1. The van der Waals surface area contributed by atoms with Gasteiger partial charge in [-0.25, -0.2) is 9.78 Å². The minimum absolute atomic E-state index is 0.385. The highest BCUT2D eigenvalue weighted by Crippen LogP contribution is 2.29. The van der Waals surface area contributed by atoms with Crippen molar-refractivity contribution in [2.24, 2.45) is 0 Å². The van der Waals surface area contributed by atoms with Crippen LogP contribution in [-0.4, -0.2) is 4.98 Å². The Balaban J connectivity index is 1.33. The third-order valence-electron chi connectivity index (χ3n) is 4.63. The topological polar surface area (TPSA) is 64.4 Å². The van der Waals surface area contributed by atoms with E-state index in [1.807, 2.05) is 41.8 Å². The maximum absolute atomic E-state index is 12.4. The molecule has 0 bridgehead atoms. The van der Waals surface area contributed by atoms with E-state index in [4.69, 9.17) is 32.4 Å². The molecule has 8 heteroatoms. The number of nitrogens with one attached hydrogen (secondary N) is 1. The Labute approximate surface area is 196 Å². The van der Waals surface area contributed by atoms with Crippen LogP contribution in [0.3, 0.4) is 0 Å². The molecule has 5 aromatic rings. The lowest BCUT2D eigenvalue weighted by Gasteiger charge is -2.07. The molecule has 0 atom stereocenters. The van der Waals surface area contributed by atoms with Gasteiger partial charge in [0.2, 0.25) is 0 Å². The van der Waals surface area contributed by atoms with Crippen LogP contribution in [0.4, 0.5) is 10.8 Å². The van der Waals surface area contributed by atoms with Gasteiger partial charge in [0.15, 0.2) is 5.13 Å². The molecular weight excluding hydrogens is 467 g/mol. The van der Waals surface area contributed by atoms with Gasteiger partial charge in [0.1, 0.15) is 17.1 Å². The van der Waals surface area contributed by atoms with Gasteiger partial charge in [0, 0.05) is 26.5 Å². The van der Waals surface area contributed by atoms with E-state index in [-0.39, 0.29) is 0 Å². The number of thiazole rings is 1. The van der Waals surface area contributed by atoms with Crippen LogP contribution in [0.25, 0.3) is 22.2 Å². The highest BCUT2D eigenvalue weighted by molar-refractivity contribution is 7.14. The molecule has 0 radical (unpaired) electrons. The lowest BCUT2D eigenvalue weighted by Crippen LogP contribution is -2.03. The first-order valence-electron chi connectivity index (χ1n) is 9.53. The van der Waals surface area contributed by atoms with Crippen LogP contribution in [0.1, 0.15) is 0 Å². The van der Waals surface area contributed by atoms with Crippen LogP contribution < -0.4 is 15.7 Å². The van der Waals surface area contributed by atoms with Crippen LogP contribution in [0, 0.1) is 0 Å². The summed E-state index contributed by atoms with van der Waals surface area (Å²) in [5, 5.41) is 7.67. The predicted molar refractivity (Wildman–Crippen MR) is 130 cm³/mol. The molecule has 0 aliphatic carbocycles. The van der Waals surface area contributed by atoms with Crippen molar-refractivity contribution >= 4 is 56.3 Å². The van der Waals surface area contributed by atoms with Gasteiger partial charge in [-0.2, -0.15) is 0 Å². The van der Waals surface area contributed by atoms with Crippen LogP contribution in [0.2, 0.25) is 10.0 Å². The normalized spacial score (nSPS) is 10.9. The molecule has 3 aromatic carbocycles. The molecule has 0 amide bonds. The molecule has 2 heterocycles. The van der Waals surface area contributed by atoms with Gasteiger partial charge in [-0.15, -0.1) is 11.3 Å². The van der Waals surface area contributed by atoms with Gasteiger partial charge in [-0.1, -0.05) is 23.2 Å². The lowest BCUT2D eigenvalue weighted by atomic mass is 10.1. The average molecular weight is 481 g/mol. The molecule has 0 spiro atoms. The molecule has 0 unspecified atom stereocenters. The van der Waals surface area contributed by atoms with Crippen molar-refractivity contribution in [2.75, 3.05) is 5.32 Å². The number of halogens is 2. The van der Waals surface area contributed by atoms with Gasteiger partial charge in [0.25, 0.3) is 0 Å². The third-order valence-corrected chi connectivity index (χ3v) is 5.87. The molecule has 1 N–H and O–H groups in total. The van der Waals surface area contributed by atoms with Crippen molar-refractivity contribution in [3.05, 3.63) is 98.6 Å². The summed E-state index contributed by atoms with van der Waals surface area (Å²) in [4.78, 5) is 17.0. The van der Waals surface area contributed by atoms with Crippen molar-refractivity contribution in [1.82, 2.24) is 4.98 Å². The second-order valence-electron chi connectivity index (χ2n) is 6.87. The fraction of sp³-hybridized carbons (Fsp3) is 0. The minimum Gasteiger partial charge on any atom is -0.457 e. The number of anilines is 2. The van der Waals surface area contributed by atoms with Gasteiger partial charge >= 0.3 is 5.63 Å². The zero-order chi connectivity index (χ0) is 22.1. The summed E-state index contributed by atoms with van der Waals surface area (Å²) < 4.78 is 11.2. The van der Waals surface area contributed by atoms with Crippen molar-refractivity contribution in [2.45, 2.75) is 0 Å². The molecule has 0 aliphatic heterocycles. The van der Waals surface area contributed by atoms with Crippen LogP contribution in [0.15, 0.2) is 87.4 Å². The fourth-order valence-corrected chi connectivity index (χ4v) is 4.13. The van der Waals surface area contributed by atoms with E-state index >= 15 is 0 Å². The molecule has 5 nitrogen and oxygen atoms in total. The predicted octanol–water partition coefficient (Wildman–Crippen LogP) is 7.76. The van der Waals surface area contributed by atoms with Gasteiger partial charge < -0.3 is 14.5 Å². The van der Waals surface area contributed by atoms with Crippen molar-refractivity contribution in [1.29, 1.82) is 0 Å². The molecule has 0 aliphatic rings. The smallest absolute Gasteiger partial charge is 0.345 e. The van der Waals surface area contributed by atoms with E-state index < -0.39 is 5.63 Å². The van der Waals surface area contributed by atoms with Crippen LogP contribution in [-0.2, 0) is 0 Å². The van der Waals surface area contributed by atoms with Gasteiger partial charge in [-0.3, -0.25) is 0 Å². The molecule has 2 aromatic heterocycles. The summed E-state index contributed by atoms with van der Waals surface area (Å²) in [5.74, 6) is 1.40. The van der Waals surface area contributed by atoms with E-state index in [0.29, 0.717) is 43.5 Å². The molecule has 32 heavy (non-hydrogen) atoms. The first kappa shape index (κ1) is 20.6. The zero-order valence-corrected chi connectivity index (χ0v) is 18.7. The maximum atomic E-state index is 12.4. The second-order valence-corrected chi connectivity index (χ2v) is 8.60. The number of aromatic nitrogens is 1. The number of benzene rings is 3. The highest BCUT2D eigenvalue weighted by Gasteiger charge is 2.12. The summed E-state index contributed by atoms with van der Waals surface area (Å²) >= 11 is 13.3. The Kier molecular flexibility index (Phi) is 5.57. The Morgan fingerprint density at radius 1 is 0.875 bits per heavy atom. The molecule has 158 valence electrons. The zero-order valence-electron chi connectivity index (χ0n) is 16.3. The largest absolute Gasteiger partial charge is 0.457 e. The molecule has 0 saturated heterocycles. The van der Waals surface area contributed by atoms with E-state index in [1.165, 1.54) is 11.3 Å². The van der Waals surface area contributed by atoms with Gasteiger partial charge in [0.05, 0.1) is 11.3 Å². The SMILES string of the molecule is O=c1oc2ccc(Cl)cc2cc1-c1csc(Nc2ccc(Oc3ccc(Cl)cc3)cc2)n1. The minimum atomic E-state index is -0.444. The van der Waals surface area contributed by atoms with Crippen molar-refractivity contribution in [3.8, 4) is 22.8 Å². The highest BCUT2D eigenvalue weighted by atomic mass is 35.5. The van der Waals surface area contributed by atoms with Crippen LogP contribution in [0.5, 0.6) is 11.5 Å². The Morgan fingerprint density at radius 2 is 1.56 bits per heavy atom. The maximum Gasteiger partial charge on any atom is 0.345 e. The average Bonchev–Trinajstić information content (AvgIpc) is 3.25. The summed E-state index contributed by atoms with van der Waals surface area (Å²) in [7, 11) is 0. The number of hydrogen-bond acceptors (Lipinski definition) is 6. The second kappa shape index (κ2) is 8.67. The lowest BCUT2D eigenvalue weighted by molar-refractivity contribution is 0.483. The Hall–Kier alpha value is -3.32. The first-order chi connectivity index (χ1) is 15.5. The number of fused-ring (bicyclic) bond motifs is 1. The monoisotopic (exact) mass is 480 g/mol. The molecule has 0 fully saturated rings. The molecule has 5 rings (SSSR count). The molecule has 0 saturated carbocycles. The number of nitrogens with zero attached hydrogens (tertiary/aromatic N) is 1. The summed E-state index contributed by atoms with van der Waals surface area (Å²) in [6, 6.07) is 21.5. The van der Waals surface area contributed by atoms with E-state index in [9.17, 15) is 4.79 Å². The standard InChI is InChI=1S/C24H14Cl2N2O3S/c25-15-1-6-18(7-2-15)30-19-8-4-17(5-9-19)27-24-28-21(13-32-24)20-12-14-11-16(26)3-10-22(14)31-23(20)29/h1-13H,(H,27,28). The Bertz CT molecular complexity index is 1460. The van der Waals surface area contributed by atoms with Crippen molar-refractivity contribution < 1.29 is 9.15 Å². The van der Waals surface area contributed by atoms with E-state index in [2.05, 4.69) is 10.3 Å². The summed E-state index contributed by atoms with van der Waals surface area (Å²) in [6.07, 6.45) is 0. The van der Waals surface area contributed by atoms with E-state index in [1.54, 1.807) is 36.4 Å². The Morgan fingerprint density at radius 3 is 2.31 bits per heavy atom. The van der Waals surface area contributed by atoms with Gasteiger partial charge in [-0.05, 0) is 72.8 Å². The molecular formula is C24H14Cl2N2O3S. The first-order valence-corrected chi connectivity index (χ1v) is 11.2. The quantitative estimate of drug-likeness (QED) is 0.260. The summed E-state index contributed by atoms with van der Waals surface area (Å²) in [5.41, 5.74) is 1.80. The summed E-state index contributed by atoms with van der Waals surface area (Å²) in [6.45, 7) is 0.